The van der Waals surface area contributed by atoms with Gasteiger partial charge in [0.2, 0.25) is 0 Å². The summed E-state index contributed by atoms with van der Waals surface area (Å²) in [6.07, 6.45) is 4.64. The van der Waals surface area contributed by atoms with Gasteiger partial charge >= 0.3 is 5.97 Å². The van der Waals surface area contributed by atoms with Gasteiger partial charge in [0.05, 0.1) is 19.2 Å². The Hall–Kier alpha value is -1.42. The van der Waals surface area contributed by atoms with Crippen LogP contribution in [0.5, 0.6) is 0 Å². The van der Waals surface area contributed by atoms with Crippen LogP contribution in [-0.4, -0.2) is 18.1 Å². The van der Waals surface area contributed by atoms with Crippen molar-refractivity contribution in [2.75, 3.05) is 7.11 Å². The van der Waals surface area contributed by atoms with E-state index in [0.717, 1.165) is 24.2 Å². The van der Waals surface area contributed by atoms with E-state index in [4.69, 9.17) is 0 Å². The normalized spacial score (nSPS) is 10.2. The predicted octanol–water partition coefficient (Wildman–Crippen LogP) is 2.46. The molecule has 4 heteroatoms. The highest BCUT2D eigenvalue weighted by molar-refractivity contribution is 5.71. The molecule has 0 fully saturated rings. The third-order valence-corrected chi connectivity index (χ3v) is 2.40. The molecule has 4 nitrogen and oxygen atoms in total. The van der Waals surface area contributed by atoms with Crippen LogP contribution in [0.3, 0.4) is 0 Å². The molecule has 94 valence electrons. The van der Waals surface area contributed by atoms with E-state index in [0.29, 0.717) is 0 Å². The molecule has 1 heterocycles. The van der Waals surface area contributed by atoms with Crippen molar-refractivity contribution in [1.82, 2.24) is 4.98 Å². The zero-order valence-corrected chi connectivity index (χ0v) is 10.4. The molecule has 1 aromatic heterocycles. The summed E-state index contributed by atoms with van der Waals surface area (Å²) in [5.74, 6) is -0.425. The molecular formula is C13H19NO3. The van der Waals surface area contributed by atoms with Gasteiger partial charge in [-0.05, 0) is 25.0 Å². The minimum absolute atomic E-state index is 0.148. The second kappa shape index (κ2) is 7.79. The van der Waals surface area contributed by atoms with Gasteiger partial charge in [0.1, 0.15) is 0 Å². The summed E-state index contributed by atoms with van der Waals surface area (Å²) in [7, 11) is 1.31. The number of nitrogens with zero attached hydrogens (tertiary/aromatic N) is 1. The molecule has 17 heavy (non-hydrogen) atoms. The maximum Gasteiger partial charge on any atom is 0.348 e. The van der Waals surface area contributed by atoms with Crippen molar-refractivity contribution in [3.63, 3.8) is 0 Å². The highest BCUT2D eigenvalue weighted by Gasteiger charge is 2.07. The van der Waals surface area contributed by atoms with E-state index < -0.39 is 5.97 Å². The van der Waals surface area contributed by atoms with E-state index in [-0.39, 0.29) is 6.42 Å². The Kier molecular flexibility index (Phi) is 6.25. The maximum atomic E-state index is 11.2. The lowest BCUT2D eigenvalue weighted by Gasteiger charge is -2.03. The molecular weight excluding hydrogens is 218 g/mol. The molecule has 0 aliphatic heterocycles. The summed E-state index contributed by atoms with van der Waals surface area (Å²) in [6, 6.07) is 5.73. The molecule has 0 bridgehead atoms. The van der Waals surface area contributed by atoms with E-state index in [1.54, 1.807) is 0 Å². The lowest BCUT2D eigenvalue weighted by Crippen LogP contribution is -2.09. The monoisotopic (exact) mass is 237 g/mol. The second-order valence-electron chi connectivity index (χ2n) is 3.88. The fourth-order valence-electron chi connectivity index (χ4n) is 1.59. The summed E-state index contributed by atoms with van der Waals surface area (Å²) in [4.78, 5) is 24.3. The first-order valence-electron chi connectivity index (χ1n) is 5.94. The van der Waals surface area contributed by atoms with E-state index in [1.807, 2.05) is 18.2 Å². The molecule has 0 saturated heterocycles. The molecule has 0 amide bonds. The number of carbonyl (C=O) groups excluding carboxylic acids is 1. The van der Waals surface area contributed by atoms with Crippen LogP contribution in [0.1, 0.15) is 37.6 Å². The Morgan fingerprint density at radius 3 is 2.76 bits per heavy atom. The van der Waals surface area contributed by atoms with Crippen LogP contribution in [0.4, 0.5) is 0 Å². The standard InChI is InChI=1S/C13H19NO3/c1-3-4-5-7-11-8-6-9-12(14-11)10-13(15)17-16-2/h6,8-9H,3-5,7,10H2,1-2H3. The largest absolute Gasteiger partial charge is 0.348 e. The average molecular weight is 237 g/mol. The van der Waals surface area contributed by atoms with Gasteiger partial charge in [-0.15, -0.1) is 0 Å². The van der Waals surface area contributed by atoms with Crippen molar-refractivity contribution < 1.29 is 14.6 Å². The Labute approximate surface area is 102 Å². The van der Waals surface area contributed by atoms with E-state index >= 15 is 0 Å². The molecule has 0 unspecified atom stereocenters. The Bertz CT molecular complexity index is 352. The summed E-state index contributed by atoms with van der Waals surface area (Å²) in [5.41, 5.74) is 1.75. The number of pyridine rings is 1. The smallest absolute Gasteiger partial charge is 0.298 e. The van der Waals surface area contributed by atoms with Gasteiger partial charge in [0.15, 0.2) is 0 Å². The number of hydrogen-bond donors (Lipinski definition) is 0. The summed E-state index contributed by atoms with van der Waals surface area (Å²) in [5, 5.41) is 0. The zero-order valence-electron chi connectivity index (χ0n) is 10.4. The first kappa shape index (κ1) is 13.6. The number of unbranched alkanes of at least 4 members (excludes halogenated alkanes) is 2. The molecule has 0 saturated carbocycles. The number of aryl methyl sites for hydroxylation is 1. The average Bonchev–Trinajstić information content (AvgIpc) is 2.30. The van der Waals surface area contributed by atoms with E-state index in [1.165, 1.54) is 20.0 Å². The number of hydrogen-bond acceptors (Lipinski definition) is 4. The van der Waals surface area contributed by atoms with E-state index in [2.05, 4.69) is 21.7 Å². The molecule has 0 aliphatic rings. The molecule has 0 aromatic carbocycles. The second-order valence-corrected chi connectivity index (χ2v) is 3.88. The van der Waals surface area contributed by atoms with Crippen LogP contribution in [0, 0.1) is 0 Å². The van der Waals surface area contributed by atoms with Gasteiger partial charge < -0.3 is 0 Å². The van der Waals surface area contributed by atoms with Gasteiger partial charge in [-0.3, -0.25) is 9.87 Å². The molecule has 1 rings (SSSR count). The molecule has 1 aromatic rings. The topological polar surface area (TPSA) is 48.4 Å². The zero-order chi connectivity index (χ0) is 12.5. The molecule has 0 N–H and O–H groups in total. The highest BCUT2D eigenvalue weighted by Crippen LogP contribution is 2.06. The van der Waals surface area contributed by atoms with Crippen LogP contribution in [-0.2, 0) is 27.4 Å². The molecule has 0 aliphatic carbocycles. The minimum atomic E-state index is -0.425. The third kappa shape index (κ3) is 5.45. The number of carbonyl (C=O) groups is 1. The quantitative estimate of drug-likeness (QED) is 0.415. The van der Waals surface area contributed by atoms with Crippen molar-refractivity contribution in [2.45, 2.75) is 39.0 Å². The minimum Gasteiger partial charge on any atom is -0.298 e. The van der Waals surface area contributed by atoms with Gasteiger partial charge in [-0.25, -0.2) is 4.79 Å². The fraction of sp³-hybridized carbons (Fsp3) is 0.538. The van der Waals surface area contributed by atoms with Crippen molar-refractivity contribution in [3.05, 3.63) is 29.6 Å². The van der Waals surface area contributed by atoms with Crippen LogP contribution in [0.2, 0.25) is 0 Å². The van der Waals surface area contributed by atoms with Gasteiger partial charge in [-0.2, -0.15) is 4.89 Å². The van der Waals surface area contributed by atoms with Gasteiger partial charge in [0, 0.05) is 5.69 Å². The van der Waals surface area contributed by atoms with Crippen molar-refractivity contribution in [3.8, 4) is 0 Å². The molecule has 0 radical (unpaired) electrons. The SMILES string of the molecule is CCCCCc1cccc(CC(=O)OOC)n1. The molecule has 0 spiro atoms. The Morgan fingerprint density at radius 2 is 2.06 bits per heavy atom. The van der Waals surface area contributed by atoms with Gasteiger partial charge in [0.25, 0.3) is 0 Å². The lowest BCUT2D eigenvalue weighted by atomic mass is 10.1. The summed E-state index contributed by atoms with van der Waals surface area (Å²) < 4.78 is 0. The van der Waals surface area contributed by atoms with Crippen LogP contribution >= 0.6 is 0 Å². The van der Waals surface area contributed by atoms with E-state index in [9.17, 15) is 4.79 Å². The Balaban J connectivity index is 2.50. The first-order chi connectivity index (χ1) is 8.26. The van der Waals surface area contributed by atoms with Crippen LogP contribution < -0.4 is 0 Å². The lowest BCUT2D eigenvalue weighted by molar-refractivity contribution is -0.254. The summed E-state index contributed by atoms with van der Waals surface area (Å²) >= 11 is 0. The highest BCUT2D eigenvalue weighted by atomic mass is 17.2. The van der Waals surface area contributed by atoms with Gasteiger partial charge in [-0.1, -0.05) is 25.8 Å². The van der Waals surface area contributed by atoms with Crippen LogP contribution in [0.25, 0.3) is 0 Å². The third-order valence-electron chi connectivity index (χ3n) is 2.40. The van der Waals surface area contributed by atoms with Crippen LogP contribution in [0.15, 0.2) is 18.2 Å². The Morgan fingerprint density at radius 1 is 1.29 bits per heavy atom. The number of rotatable bonds is 7. The first-order valence-corrected chi connectivity index (χ1v) is 5.94. The fourth-order valence-corrected chi connectivity index (χ4v) is 1.59. The van der Waals surface area contributed by atoms with Crippen molar-refractivity contribution >= 4 is 5.97 Å². The summed E-state index contributed by atoms with van der Waals surface area (Å²) in [6.45, 7) is 2.17. The van der Waals surface area contributed by atoms with Crippen molar-refractivity contribution in [2.24, 2.45) is 0 Å². The van der Waals surface area contributed by atoms with Crippen molar-refractivity contribution in [1.29, 1.82) is 0 Å². The predicted molar refractivity (Wildman–Crippen MR) is 64.3 cm³/mol. The molecule has 0 atom stereocenters. The number of aromatic nitrogens is 1. The maximum absolute atomic E-state index is 11.2.